The van der Waals surface area contributed by atoms with Gasteiger partial charge in [0.2, 0.25) is 0 Å². The molecule has 0 aliphatic heterocycles. The first kappa shape index (κ1) is 15.6. The summed E-state index contributed by atoms with van der Waals surface area (Å²) in [6.45, 7) is 2.22. The third-order valence-corrected chi connectivity index (χ3v) is 8.35. The Morgan fingerprint density at radius 3 is 2.35 bits per heavy atom. The minimum atomic E-state index is -0.922. The van der Waals surface area contributed by atoms with Crippen LogP contribution in [-0.2, 0) is 0 Å². The Hall–Kier alpha value is -0.960. The summed E-state index contributed by atoms with van der Waals surface area (Å²) in [6.07, 6.45) is 19.2. The molecule has 0 bridgehead atoms. The van der Waals surface area contributed by atoms with Crippen molar-refractivity contribution in [3.8, 4) is 24.7 Å². The first-order chi connectivity index (χ1) is 10.9. The molecule has 0 spiro atoms. The van der Waals surface area contributed by atoms with Gasteiger partial charge in [0.1, 0.15) is 11.2 Å². The number of hydrogen-bond donors (Lipinski definition) is 2. The summed E-state index contributed by atoms with van der Waals surface area (Å²) in [7, 11) is 0. The highest BCUT2D eigenvalue weighted by molar-refractivity contribution is 5.24. The molecule has 4 aliphatic rings. The second-order valence-corrected chi connectivity index (χ2v) is 9.02. The predicted molar refractivity (Wildman–Crippen MR) is 90.1 cm³/mol. The zero-order valence-electron chi connectivity index (χ0n) is 14.1. The molecule has 4 rings (SSSR count). The van der Waals surface area contributed by atoms with Crippen molar-refractivity contribution in [3.63, 3.8) is 0 Å². The van der Waals surface area contributed by atoms with Gasteiger partial charge in [0.15, 0.2) is 0 Å². The highest BCUT2D eigenvalue weighted by atomic mass is 16.3. The lowest BCUT2D eigenvalue weighted by atomic mass is 9.51. The first-order valence-electron chi connectivity index (χ1n) is 9.26. The molecular formula is C21H28O2. The van der Waals surface area contributed by atoms with Crippen LogP contribution in [0.1, 0.15) is 58.3 Å². The van der Waals surface area contributed by atoms with Gasteiger partial charge in [-0.1, -0.05) is 18.8 Å². The maximum atomic E-state index is 11.0. The Labute approximate surface area is 140 Å². The highest BCUT2D eigenvalue weighted by Crippen LogP contribution is 2.66. The average Bonchev–Trinajstić information content (AvgIpc) is 3.03. The van der Waals surface area contributed by atoms with E-state index < -0.39 is 11.2 Å². The van der Waals surface area contributed by atoms with Crippen molar-refractivity contribution in [1.82, 2.24) is 0 Å². The molecule has 0 aromatic rings. The van der Waals surface area contributed by atoms with Crippen LogP contribution in [0.4, 0.5) is 0 Å². The van der Waals surface area contributed by atoms with Gasteiger partial charge in [-0.25, -0.2) is 0 Å². The molecule has 0 aromatic carbocycles. The van der Waals surface area contributed by atoms with Crippen molar-refractivity contribution in [1.29, 1.82) is 0 Å². The summed E-state index contributed by atoms with van der Waals surface area (Å²) in [5.41, 5.74) is -1.92. The fourth-order valence-corrected chi connectivity index (χ4v) is 7.08. The minimum absolute atomic E-state index is 0.128. The Kier molecular flexibility index (Phi) is 3.23. The smallest absolute Gasteiger partial charge is 0.130 e. The Bertz CT molecular complexity index is 598. The van der Waals surface area contributed by atoms with Crippen molar-refractivity contribution in [2.45, 2.75) is 69.5 Å². The minimum Gasteiger partial charge on any atom is -0.378 e. The normalized spacial score (nSPS) is 57.7. The SMILES string of the molecule is C#C[C@]1(O)C[C@@H]2CCC3C(CC[C@@]4(C)C3CC[C@@]4(O)C#C)[C@H]2C1. The third-order valence-electron chi connectivity index (χ3n) is 8.35. The quantitative estimate of drug-likeness (QED) is 0.675. The summed E-state index contributed by atoms with van der Waals surface area (Å²) >= 11 is 0. The maximum absolute atomic E-state index is 11.0. The molecule has 0 heterocycles. The molecule has 4 fully saturated rings. The predicted octanol–water partition coefficient (Wildman–Crippen LogP) is 2.98. The summed E-state index contributed by atoms with van der Waals surface area (Å²) in [6, 6.07) is 0. The van der Waals surface area contributed by atoms with Crippen LogP contribution in [0.15, 0.2) is 0 Å². The summed E-state index contributed by atoms with van der Waals surface area (Å²) in [5.74, 6) is 8.39. The van der Waals surface area contributed by atoms with E-state index in [0.717, 1.165) is 38.5 Å². The van der Waals surface area contributed by atoms with Crippen LogP contribution in [0.3, 0.4) is 0 Å². The van der Waals surface area contributed by atoms with E-state index in [4.69, 9.17) is 12.8 Å². The number of hydrogen-bond acceptors (Lipinski definition) is 2. The van der Waals surface area contributed by atoms with Gasteiger partial charge in [0, 0.05) is 5.41 Å². The van der Waals surface area contributed by atoms with Gasteiger partial charge in [-0.05, 0) is 81.0 Å². The second-order valence-electron chi connectivity index (χ2n) is 9.02. The van der Waals surface area contributed by atoms with Gasteiger partial charge >= 0.3 is 0 Å². The van der Waals surface area contributed by atoms with E-state index in [2.05, 4.69) is 18.8 Å². The van der Waals surface area contributed by atoms with Gasteiger partial charge in [-0.2, -0.15) is 0 Å². The van der Waals surface area contributed by atoms with Crippen LogP contribution in [0, 0.1) is 59.7 Å². The van der Waals surface area contributed by atoms with E-state index in [1.165, 1.54) is 12.8 Å². The van der Waals surface area contributed by atoms with Gasteiger partial charge in [0.25, 0.3) is 0 Å². The van der Waals surface area contributed by atoms with E-state index in [1.54, 1.807) is 0 Å². The van der Waals surface area contributed by atoms with Crippen LogP contribution in [0.2, 0.25) is 0 Å². The standard InChI is InChI=1S/C21H28O2/c1-4-20(22)12-14-6-7-16-15(17(14)13-20)8-10-19(3)18(16)9-11-21(19,23)5-2/h1-2,14-18,22-23H,6-13H2,3H3/t14-,15?,16?,17-,18?,19-,20-,21-/m0/s1. The molecule has 2 heteroatoms. The van der Waals surface area contributed by atoms with Crippen LogP contribution in [0.25, 0.3) is 0 Å². The molecule has 8 atom stereocenters. The molecule has 4 aliphatic carbocycles. The monoisotopic (exact) mass is 312 g/mol. The van der Waals surface area contributed by atoms with Crippen molar-refractivity contribution in [3.05, 3.63) is 0 Å². The molecule has 2 N–H and O–H groups in total. The molecule has 0 aromatic heterocycles. The Balaban J connectivity index is 1.62. The lowest BCUT2D eigenvalue weighted by Gasteiger charge is -2.54. The lowest BCUT2D eigenvalue weighted by Crippen LogP contribution is -2.52. The largest absolute Gasteiger partial charge is 0.378 e. The third kappa shape index (κ3) is 1.92. The van der Waals surface area contributed by atoms with Gasteiger partial charge in [-0.3, -0.25) is 0 Å². The molecule has 0 saturated heterocycles. The zero-order valence-corrected chi connectivity index (χ0v) is 14.1. The van der Waals surface area contributed by atoms with E-state index in [1.807, 2.05) is 0 Å². The van der Waals surface area contributed by atoms with E-state index in [9.17, 15) is 10.2 Å². The molecule has 0 radical (unpaired) electrons. The number of fused-ring (bicyclic) bond motifs is 5. The van der Waals surface area contributed by atoms with Crippen LogP contribution in [0.5, 0.6) is 0 Å². The molecule has 2 nitrogen and oxygen atoms in total. The van der Waals surface area contributed by atoms with Gasteiger partial charge < -0.3 is 10.2 Å². The molecule has 124 valence electrons. The van der Waals surface area contributed by atoms with Crippen molar-refractivity contribution < 1.29 is 10.2 Å². The number of aliphatic hydroxyl groups is 2. The second kappa shape index (κ2) is 4.78. The molecule has 3 unspecified atom stereocenters. The maximum Gasteiger partial charge on any atom is 0.130 e. The van der Waals surface area contributed by atoms with Crippen molar-refractivity contribution >= 4 is 0 Å². The molecule has 23 heavy (non-hydrogen) atoms. The summed E-state index contributed by atoms with van der Waals surface area (Å²) in [4.78, 5) is 0. The van der Waals surface area contributed by atoms with E-state index >= 15 is 0 Å². The number of terminal acetylenes is 2. The number of rotatable bonds is 0. The van der Waals surface area contributed by atoms with E-state index in [0.29, 0.717) is 29.6 Å². The van der Waals surface area contributed by atoms with Gasteiger partial charge in [-0.15, -0.1) is 12.8 Å². The van der Waals surface area contributed by atoms with Gasteiger partial charge in [0.05, 0.1) is 0 Å². The lowest BCUT2D eigenvalue weighted by molar-refractivity contribution is -0.0964. The highest BCUT2D eigenvalue weighted by Gasteiger charge is 2.63. The van der Waals surface area contributed by atoms with Crippen LogP contribution < -0.4 is 0 Å². The molecular weight excluding hydrogens is 284 g/mol. The van der Waals surface area contributed by atoms with Crippen LogP contribution >= 0.6 is 0 Å². The fourth-order valence-electron chi connectivity index (χ4n) is 7.08. The molecule has 0 amide bonds. The average molecular weight is 312 g/mol. The molecule has 4 saturated carbocycles. The first-order valence-corrected chi connectivity index (χ1v) is 9.26. The summed E-state index contributed by atoms with van der Waals surface area (Å²) < 4.78 is 0. The topological polar surface area (TPSA) is 40.5 Å². The zero-order chi connectivity index (χ0) is 16.5. The van der Waals surface area contributed by atoms with Crippen molar-refractivity contribution in [2.75, 3.05) is 0 Å². The Morgan fingerprint density at radius 2 is 1.65 bits per heavy atom. The van der Waals surface area contributed by atoms with Crippen LogP contribution in [-0.4, -0.2) is 21.4 Å². The summed E-state index contributed by atoms with van der Waals surface area (Å²) in [5, 5.41) is 21.5. The van der Waals surface area contributed by atoms with Crippen molar-refractivity contribution in [2.24, 2.45) is 35.0 Å². The fraction of sp³-hybridized carbons (Fsp3) is 0.810. The Morgan fingerprint density at radius 1 is 0.870 bits per heavy atom. The van der Waals surface area contributed by atoms with E-state index in [-0.39, 0.29) is 5.41 Å².